The van der Waals surface area contributed by atoms with Crippen LogP contribution in [0.3, 0.4) is 0 Å². The van der Waals surface area contributed by atoms with E-state index in [9.17, 15) is 17.2 Å². The van der Waals surface area contributed by atoms with E-state index in [1.165, 1.54) is 4.31 Å². The van der Waals surface area contributed by atoms with Gasteiger partial charge in [-0.3, -0.25) is 4.90 Å². The lowest BCUT2D eigenvalue weighted by atomic mass is 10.1. The summed E-state index contributed by atoms with van der Waals surface area (Å²) >= 11 is 0. The van der Waals surface area contributed by atoms with Crippen molar-refractivity contribution in [1.82, 2.24) is 14.5 Å². The zero-order chi connectivity index (χ0) is 19.3. The van der Waals surface area contributed by atoms with Gasteiger partial charge in [-0.15, -0.1) is 0 Å². The number of morpholine rings is 1. The number of ether oxygens (including phenoxy) is 1. The maximum Gasteiger partial charge on any atom is 0.243 e. The monoisotopic (exact) mass is 403 g/mol. The first-order chi connectivity index (χ1) is 13.0. The van der Waals surface area contributed by atoms with E-state index in [2.05, 4.69) is 10.2 Å². The van der Waals surface area contributed by atoms with Crippen LogP contribution in [0.2, 0.25) is 0 Å². The van der Waals surface area contributed by atoms with Crippen LogP contribution in [0.4, 0.5) is 8.78 Å². The van der Waals surface area contributed by atoms with Gasteiger partial charge in [0.15, 0.2) is 0 Å². The summed E-state index contributed by atoms with van der Waals surface area (Å²) in [4.78, 5) is 1.92. The van der Waals surface area contributed by atoms with Gasteiger partial charge in [0.2, 0.25) is 10.0 Å². The van der Waals surface area contributed by atoms with Gasteiger partial charge in [-0.25, -0.2) is 17.2 Å². The van der Waals surface area contributed by atoms with Gasteiger partial charge >= 0.3 is 0 Å². The standard InChI is InChI=1S/C18H27F2N3O3S/c19-15-11-16(20)13-18(12-15)27(24,25)23(17-3-1-4-21-14-17)6-2-5-22-7-9-26-10-8-22/h11-13,17,21H,1-10,14H2/t17-/m0/s1. The van der Waals surface area contributed by atoms with Crippen LogP contribution >= 0.6 is 0 Å². The minimum Gasteiger partial charge on any atom is -0.379 e. The number of benzene rings is 1. The van der Waals surface area contributed by atoms with Gasteiger partial charge in [0.25, 0.3) is 0 Å². The first-order valence-electron chi connectivity index (χ1n) is 9.45. The number of rotatable bonds is 7. The van der Waals surface area contributed by atoms with Crippen LogP contribution in [-0.2, 0) is 14.8 Å². The lowest BCUT2D eigenvalue weighted by molar-refractivity contribution is 0.0365. The molecule has 2 heterocycles. The number of hydrogen-bond donors (Lipinski definition) is 1. The first kappa shape index (κ1) is 20.6. The topological polar surface area (TPSA) is 61.9 Å². The zero-order valence-corrected chi connectivity index (χ0v) is 16.2. The second kappa shape index (κ2) is 9.38. The van der Waals surface area contributed by atoms with E-state index in [4.69, 9.17) is 4.74 Å². The second-order valence-corrected chi connectivity index (χ2v) is 8.92. The molecule has 0 bridgehead atoms. The maximum atomic E-state index is 13.6. The summed E-state index contributed by atoms with van der Waals surface area (Å²) in [5.74, 6) is -1.77. The molecule has 2 saturated heterocycles. The summed E-state index contributed by atoms with van der Waals surface area (Å²) in [5.41, 5.74) is 0. The molecule has 0 unspecified atom stereocenters. The van der Waals surface area contributed by atoms with Crippen LogP contribution in [0.1, 0.15) is 19.3 Å². The molecule has 0 spiro atoms. The number of nitrogens with zero attached hydrogens (tertiary/aromatic N) is 2. The van der Waals surface area contributed by atoms with Crippen LogP contribution in [0.5, 0.6) is 0 Å². The average Bonchev–Trinajstić information content (AvgIpc) is 2.66. The Hall–Kier alpha value is -1.13. The molecule has 27 heavy (non-hydrogen) atoms. The van der Waals surface area contributed by atoms with Gasteiger partial charge in [0.05, 0.1) is 18.1 Å². The predicted molar refractivity (Wildman–Crippen MR) is 98.0 cm³/mol. The highest BCUT2D eigenvalue weighted by Crippen LogP contribution is 2.23. The highest BCUT2D eigenvalue weighted by Gasteiger charge is 2.32. The summed E-state index contributed by atoms with van der Waals surface area (Å²) in [6, 6.07) is 2.26. The van der Waals surface area contributed by atoms with E-state index in [0.29, 0.717) is 38.8 Å². The highest BCUT2D eigenvalue weighted by atomic mass is 32.2. The van der Waals surface area contributed by atoms with E-state index >= 15 is 0 Å². The second-order valence-electron chi connectivity index (χ2n) is 7.03. The Kier molecular flexibility index (Phi) is 7.16. The molecule has 1 aromatic carbocycles. The molecule has 0 saturated carbocycles. The van der Waals surface area contributed by atoms with Gasteiger partial charge < -0.3 is 10.1 Å². The minimum absolute atomic E-state index is 0.209. The molecular weight excluding hydrogens is 376 g/mol. The van der Waals surface area contributed by atoms with Gasteiger partial charge in [0, 0.05) is 38.3 Å². The van der Waals surface area contributed by atoms with E-state index in [1.54, 1.807) is 0 Å². The fourth-order valence-electron chi connectivity index (χ4n) is 3.67. The van der Waals surface area contributed by atoms with Crippen LogP contribution < -0.4 is 5.32 Å². The van der Waals surface area contributed by atoms with Crippen molar-refractivity contribution in [3.63, 3.8) is 0 Å². The van der Waals surface area contributed by atoms with Gasteiger partial charge in [-0.2, -0.15) is 4.31 Å². The highest BCUT2D eigenvalue weighted by molar-refractivity contribution is 7.89. The Morgan fingerprint density at radius 3 is 2.52 bits per heavy atom. The van der Waals surface area contributed by atoms with Crippen molar-refractivity contribution < 1.29 is 21.9 Å². The third kappa shape index (κ3) is 5.45. The summed E-state index contributed by atoms with van der Waals surface area (Å²) in [6.07, 6.45) is 2.27. The Morgan fingerprint density at radius 1 is 1.19 bits per heavy atom. The summed E-state index contributed by atoms with van der Waals surface area (Å²) in [7, 11) is -3.98. The molecule has 1 atom stereocenters. The van der Waals surface area contributed by atoms with Crippen molar-refractivity contribution in [2.75, 3.05) is 52.5 Å². The van der Waals surface area contributed by atoms with E-state index in [1.807, 2.05) is 0 Å². The van der Waals surface area contributed by atoms with Gasteiger partial charge in [-0.05, 0) is 44.5 Å². The van der Waals surface area contributed by atoms with Crippen LogP contribution in [0.25, 0.3) is 0 Å². The third-order valence-electron chi connectivity index (χ3n) is 5.08. The molecule has 0 aromatic heterocycles. The average molecular weight is 403 g/mol. The fourth-order valence-corrected chi connectivity index (χ4v) is 5.40. The first-order valence-corrected chi connectivity index (χ1v) is 10.9. The lowest BCUT2D eigenvalue weighted by Gasteiger charge is -2.34. The SMILES string of the molecule is O=S(=O)(c1cc(F)cc(F)c1)N(CCCN1CCOCC1)[C@H]1CCCNC1. The summed E-state index contributed by atoms with van der Waals surface area (Å²) < 4.78 is 60.3. The smallest absolute Gasteiger partial charge is 0.243 e. The Bertz CT molecular complexity index is 700. The largest absolute Gasteiger partial charge is 0.379 e. The molecule has 152 valence electrons. The molecule has 2 fully saturated rings. The molecule has 3 rings (SSSR count). The molecule has 1 N–H and O–H groups in total. The molecule has 0 radical (unpaired) electrons. The maximum absolute atomic E-state index is 13.6. The van der Waals surface area contributed by atoms with Crippen LogP contribution in [0.15, 0.2) is 23.1 Å². The van der Waals surface area contributed by atoms with E-state index in [0.717, 1.165) is 51.2 Å². The van der Waals surface area contributed by atoms with E-state index < -0.39 is 21.7 Å². The fraction of sp³-hybridized carbons (Fsp3) is 0.667. The van der Waals surface area contributed by atoms with Crippen molar-refractivity contribution in [2.45, 2.75) is 30.2 Å². The molecular formula is C18H27F2N3O3S. The molecule has 2 aliphatic rings. The number of sulfonamides is 1. The van der Waals surface area contributed by atoms with Crippen molar-refractivity contribution >= 4 is 10.0 Å². The Morgan fingerprint density at radius 2 is 1.89 bits per heavy atom. The van der Waals surface area contributed by atoms with Crippen molar-refractivity contribution in [3.8, 4) is 0 Å². The third-order valence-corrected chi connectivity index (χ3v) is 7.01. The lowest BCUT2D eigenvalue weighted by Crippen LogP contribution is -2.49. The quantitative estimate of drug-likeness (QED) is 0.746. The van der Waals surface area contributed by atoms with Gasteiger partial charge in [-0.1, -0.05) is 0 Å². The van der Waals surface area contributed by atoms with Crippen molar-refractivity contribution in [1.29, 1.82) is 0 Å². The molecule has 2 aliphatic heterocycles. The summed E-state index contributed by atoms with van der Waals surface area (Å²) in [5, 5.41) is 3.22. The zero-order valence-electron chi connectivity index (χ0n) is 15.4. The molecule has 9 heteroatoms. The van der Waals surface area contributed by atoms with Crippen molar-refractivity contribution in [3.05, 3.63) is 29.8 Å². The number of halogens is 2. The molecule has 1 aromatic rings. The number of nitrogens with one attached hydrogen (secondary N) is 1. The van der Waals surface area contributed by atoms with E-state index in [-0.39, 0.29) is 10.9 Å². The Balaban J connectivity index is 1.75. The van der Waals surface area contributed by atoms with Gasteiger partial charge in [0.1, 0.15) is 11.6 Å². The number of piperidine rings is 1. The summed E-state index contributed by atoms with van der Waals surface area (Å²) in [6.45, 7) is 5.56. The van der Waals surface area contributed by atoms with Crippen LogP contribution in [-0.4, -0.2) is 76.1 Å². The Labute approximate surface area is 159 Å². The predicted octanol–water partition coefficient (Wildman–Crippen LogP) is 1.43. The molecule has 6 nitrogen and oxygen atoms in total. The minimum atomic E-state index is -3.98. The normalized spacial score (nSPS) is 22.3. The molecule has 0 aliphatic carbocycles. The number of hydrogen-bond acceptors (Lipinski definition) is 5. The van der Waals surface area contributed by atoms with Crippen molar-refractivity contribution in [2.24, 2.45) is 0 Å². The molecule has 0 amide bonds. The van der Waals surface area contributed by atoms with Crippen LogP contribution in [0, 0.1) is 11.6 Å².